The molecule has 11 heteroatoms. The van der Waals surface area contributed by atoms with E-state index in [9.17, 15) is 0 Å². The van der Waals surface area contributed by atoms with Crippen LogP contribution < -0.4 is 0 Å². The molecule has 49 heavy (non-hydrogen) atoms. The van der Waals surface area contributed by atoms with Crippen molar-refractivity contribution in [3.05, 3.63) is 10.5 Å². The first kappa shape index (κ1) is 72.7. The fourth-order valence-electron chi connectivity index (χ4n) is 5.29. The molecule has 0 saturated carbocycles. The van der Waals surface area contributed by atoms with Crippen LogP contribution >= 0.6 is 0 Å². The van der Waals surface area contributed by atoms with E-state index in [4.69, 9.17) is 39.3 Å². The Bertz CT molecular complexity index is 383. The van der Waals surface area contributed by atoms with E-state index in [1.807, 2.05) is 40.7 Å². The molecule has 0 saturated heterocycles. The van der Waals surface area contributed by atoms with Crippen LogP contribution in [0.15, 0.2) is 0 Å². The zero-order valence-electron chi connectivity index (χ0n) is 33.8. The molecule has 0 radical (unpaired) electrons. The molecule has 0 heterocycles. The van der Waals surface area contributed by atoms with Gasteiger partial charge in [0.2, 0.25) is 0 Å². The minimum Gasteiger partial charge on any atom is -0.577 e. The van der Waals surface area contributed by atoms with Gasteiger partial charge in [-0.15, -0.1) is 0 Å². The number of hydrogen-bond donors (Lipinski definition) is 0. The van der Waals surface area contributed by atoms with Crippen molar-refractivity contribution in [1.82, 2.24) is 0 Å². The van der Waals surface area contributed by atoms with Crippen molar-refractivity contribution in [1.29, 1.82) is 0 Å². The normalized spacial score (nSPS) is 8.90. The van der Waals surface area contributed by atoms with E-state index in [0.29, 0.717) is 0 Å². The standard InChI is InChI=1S/2C16H36N.6CH2O.Fe.NO/c2*1-5-9-13-17(14-10-6-2,15-11-7-3)16-12-8-4;6*1-2;;1-2/h2*5-16H2,1-4H3;6*1H2;;/q2*+1;;;;;;;;-1. The first-order valence-electron chi connectivity index (χ1n) is 18.1. The average Bonchev–Trinajstić information content (AvgIpc) is 3.19. The summed E-state index contributed by atoms with van der Waals surface area (Å²) in [7, 11) is 0. The molecule has 300 valence electrons. The van der Waals surface area contributed by atoms with Crippen molar-refractivity contribution >= 4 is 40.7 Å². The van der Waals surface area contributed by atoms with Crippen LogP contribution in [-0.4, -0.2) is 102 Å². The van der Waals surface area contributed by atoms with Gasteiger partial charge in [0.25, 0.3) is 0 Å². The van der Waals surface area contributed by atoms with Crippen LogP contribution in [0.25, 0.3) is 5.59 Å². The monoisotopic (exact) mass is 751 g/mol. The van der Waals surface area contributed by atoms with Crippen LogP contribution in [0.2, 0.25) is 0 Å². The summed E-state index contributed by atoms with van der Waals surface area (Å²) in [6, 6.07) is 0. The molecule has 0 aliphatic heterocycles. The quantitative estimate of drug-likeness (QED) is 0.0707. The molecular weight excluding hydrogens is 666 g/mol. The van der Waals surface area contributed by atoms with Crippen molar-refractivity contribution in [3.63, 3.8) is 0 Å². The zero-order chi connectivity index (χ0) is 40.0. The Hall–Kier alpha value is -1.94. The molecule has 0 aliphatic carbocycles. The van der Waals surface area contributed by atoms with Gasteiger partial charge in [-0.1, -0.05) is 107 Å². The van der Waals surface area contributed by atoms with E-state index < -0.39 is 0 Å². The molecule has 0 N–H and O–H groups in total. The molecule has 0 bridgehead atoms. The van der Waals surface area contributed by atoms with Gasteiger partial charge in [0.05, 0.1) is 52.4 Å². The van der Waals surface area contributed by atoms with Gasteiger partial charge < -0.3 is 48.2 Å². The number of nitroso groups, excluding NO2 is 1. The molecule has 0 atom stereocenters. The van der Waals surface area contributed by atoms with Crippen molar-refractivity contribution in [3.8, 4) is 0 Å². The van der Waals surface area contributed by atoms with Gasteiger partial charge >= 0.3 is 0 Å². The molecule has 10 nitrogen and oxygen atoms in total. The maximum atomic E-state index is 8.00. The Morgan fingerprint density at radius 3 is 0.429 bits per heavy atom. The Labute approximate surface area is 315 Å². The third-order valence-corrected chi connectivity index (χ3v) is 7.89. The smallest absolute Gasteiger partial charge is 0.106 e. The van der Waals surface area contributed by atoms with Crippen LogP contribution in [0.4, 0.5) is 0 Å². The number of unbranched alkanes of at least 4 members (excludes halogenated alkanes) is 8. The molecule has 0 aromatic heterocycles. The number of nitrogens with zero attached hydrogens (tertiary/aromatic N) is 3. The third-order valence-electron chi connectivity index (χ3n) is 7.89. The zero-order valence-corrected chi connectivity index (χ0v) is 34.9. The molecular formula is C38H84FeN3O7+. The fraction of sp³-hybridized carbons (Fsp3) is 0.842. The fourth-order valence-corrected chi connectivity index (χ4v) is 5.29. The van der Waals surface area contributed by atoms with Gasteiger partial charge in [-0.3, -0.25) is 0 Å². The van der Waals surface area contributed by atoms with Gasteiger partial charge in [-0.2, -0.15) is 0 Å². The number of carbonyl (C=O) groups excluding carboxylic acids is 6. The van der Waals surface area contributed by atoms with Gasteiger partial charge in [0.15, 0.2) is 0 Å². The first-order valence-corrected chi connectivity index (χ1v) is 18.1. The van der Waals surface area contributed by atoms with Gasteiger partial charge in [-0.25, -0.2) is 0 Å². The Morgan fingerprint density at radius 2 is 0.367 bits per heavy atom. The van der Waals surface area contributed by atoms with Crippen molar-refractivity contribution in [2.45, 2.75) is 158 Å². The Morgan fingerprint density at radius 1 is 0.286 bits per heavy atom. The predicted molar refractivity (Wildman–Crippen MR) is 208 cm³/mol. The van der Waals surface area contributed by atoms with Gasteiger partial charge in [0, 0.05) is 17.1 Å². The summed E-state index contributed by atoms with van der Waals surface area (Å²) in [5.74, 6) is 0. The Balaban J connectivity index is -0.0000000560. The van der Waals surface area contributed by atoms with E-state index in [-0.39, 0.29) is 17.1 Å². The summed E-state index contributed by atoms with van der Waals surface area (Å²) >= 11 is 0. The molecule has 0 spiro atoms. The van der Waals surface area contributed by atoms with Crippen LogP contribution in [0.3, 0.4) is 0 Å². The van der Waals surface area contributed by atoms with Crippen LogP contribution in [-0.2, 0) is 45.8 Å². The SMILES string of the molecule is C=O.C=O.C=O.C=O.C=O.C=O.CCCC[N+](CCCC)(CCCC)CCCC.CCCC[N+](CCCC)(CCCC)CCCC.[Fe].[N-]=O. The number of rotatable bonds is 24. The molecule has 0 aromatic rings. The van der Waals surface area contributed by atoms with E-state index in [1.54, 1.807) is 0 Å². The van der Waals surface area contributed by atoms with Crippen molar-refractivity contribution in [2.75, 3.05) is 52.4 Å². The summed E-state index contributed by atoms with van der Waals surface area (Å²) in [6.45, 7) is 42.0. The maximum absolute atomic E-state index is 8.00. The maximum Gasteiger partial charge on any atom is 0.106 e. The topological polar surface area (TPSA) is 142 Å². The summed E-state index contributed by atoms with van der Waals surface area (Å²) in [5, 5.41) is 0. The first-order chi connectivity index (χ1) is 23.5. The summed E-state index contributed by atoms with van der Waals surface area (Å²) < 4.78 is 2.84. The summed E-state index contributed by atoms with van der Waals surface area (Å²) in [6.07, 6.45) is 22.1. The second-order valence-corrected chi connectivity index (χ2v) is 11.3. The molecule has 0 fully saturated rings. The Kier molecular flexibility index (Phi) is 120. The number of quaternary nitrogens is 2. The summed E-state index contributed by atoms with van der Waals surface area (Å²) in [4.78, 5) is 55.2. The van der Waals surface area contributed by atoms with Crippen LogP contribution in [0.1, 0.15) is 158 Å². The van der Waals surface area contributed by atoms with Crippen LogP contribution in [0, 0.1) is 4.91 Å². The van der Waals surface area contributed by atoms with E-state index in [1.165, 1.54) is 164 Å². The molecule has 0 unspecified atom stereocenters. The molecule has 0 rings (SSSR count). The summed E-state index contributed by atoms with van der Waals surface area (Å²) in [5.41, 5.74) is 5.75. The minimum absolute atomic E-state index is 0. The minimum atomic E-state index is 0. The van der Waals surface area contributed by atoms with Gasteiger partial charge in [-0.05, 0) is 51.4 Å². The molecule has 0 aromatic carbocycles. The van der Waals surface area contributed by atoms with E-state index in [2.05, 4.69) is 55.4 Å². The number of carbonyl (C=O) groups is 6. The van der Waals surface area contributed by atoms with Gasteiger partial charge in [0.1, 0.15) is 40.7 Å². The van der Waals surface area contributed by atoms with Crippen molar-refractivity contribution < 1.29 is 54.8 Å². The largest absolute Gasteiger partial charge is 0.577 e. The van der Waals surface area contributed by atoms with E-state index >= 15 is 0 Å². The molecule has 0 aliphatic rings. The third kappa shape index (κ3) is 61.7. The van der Waals surface area contributed by atoms with E-state index in [0.717, 1.165) is 0 Å². The second-order valence-electron chi connectivity index (χ2n) is 11.3. The predicted octanol–water partition coefficient (Wildman–Crippen LogP) is 9.22. The number of hydrogen-bond acceptors (Lipinski definition) is 7. The van der Waals surface area contributed by atoms with Crippen molar-refractivity contribution in [2.24, 2.45) is 0 Å². The average molecular weight is 751 g/mol. The van der Waals surface area contributed by atoms with Crippen LogP contribution in [0.5, 0.6) is 0 Å². The second kappa shape index (κ2) is 80.6. The molecule has 0 amide bonds.